The van der Waals surface area contributed by atoms with E-state index in [9.17, 15) is 9.59 Å². The fourth-order valence-electron chi connectivity index (χ4n) is 2.83. The molecule has 1 heterocycles. The molecule has 0 radical (unpaired) electrons. The maximum atomic E-state index is 12.8. The van der Waals surface area contributed by atoms with Crippen molar-refractivity contribution in [2.24, 2.45) is 18.0 Å². The van der Waals surface area contributed by atoms with E-state index in [-0.39, 0.29) is 17.7 Å². The molecule has 0 aliphatic rings. The third kappa shape index (κ3) is 4.14. The quantitative estimate of drug-likeness (QED) is 0.719. The molecule has 3 aromatic rings. The first-order valence-electron chi connectivity index (χ1n) is 8.98. The summed E-state index contributed by atoms with van der Waals surface area (Å²) < 4.78 is 8.05. The van der Waals surface area contributed by atoms with Gasteiger partial charge in [-0.3, -0.25) is 9.59 Å². The van der Waals surface area contributed by atoms with Crippen LogP contribution in [0, 0.1) is 5.92 Å². The van der Waals surface area contributed by atoms with Crippen LogP contribution >= 0.6 is 11.3 Å². The number of para-hydroxylation sites is 1. The topological polar surface area (TPSA) is 72.7 Å². The molecule has 2 amide bonds. The Morgan fingerprint density at radius 1 is 1.11 bits per heavy atom. The number of carbonyl (C=O) groups is 2. The van der Waals surface area contributed by atoms with Gasteiger partial charge in [0, 0.05) is 12.6 Å². The molecule has 1 N–H and O–H groups in total. The van der Waals surface area contributed by atoms with Gasteiger partial charge in [0.15, 0.2) is 4.80 Å². The summed E-state index contributed by atoms with van der Waals surface area (Å²) in [5.74, 6) is -0.108. The molecule has 0 spiro atoms. The molecule has 28 heavy (non-hydrogen) atoms. The Hall–Kier alpha value is -2.93. The number of hydrogen-bond acceptors (Lipinski definition) is 4. The molecule has 2 aromatic carbocycles. The van der Waals surface area contributed by atoms with Gasteiger partial charge in [0.2, 0.25) is 0 Å². The first-order valence-corrected chi connectivity index (χ1v) is 9.80. The first-order chi connectivity index (χ1) is 13.4. The smallest absolute Gasteiger partial charge is 0.271 e. The highest BCUT2D eigenvalue weighted by Gasteiger charge is 2.24. The zero-order valence-corrected chi connectivity index (χ0v) is 17.1. The molecular formula is C21H23N3O3S. The number of nitrogens with zero attached hydrogens (tertiary/aromatic N) is 2. The largest absolute Gasteiger partial charge is 0.497 e. The van der Waals surface area contributed by atoms with E-state index < -0.39 is 6.04 Å². The minimum Gasteiger partial charge on any atom is -0.497 e. The van der Waals surface area contributed by atoms with Crippen molar-refractivity contribution in [1.29, 1.82) is 0 Å². The lowest BCUT2D eigenvalue weighted by Crippen LogP contribution is -2.44. The predicted molar refractivity (Wildman–Crippen MR) is 110 cm³/mol. The monoisotopic (exact) mass is 397 g/mol. The summed E-state index contributed by atoms with van der Waals surface area (Å²) in [4.78, 5) is 30.3. The second kappa shape index (κ2) is 8.39. The molecule has 0 aliphatic heterocycles. The van der Waals surface area contributed by atoms with E-state index in [0.717, 1.165) is 10.2 Å². The van der Waals surface area contributed by atoms with E-state index >= 15 is 0 Å². The van der Waals surface area contributed by atoms with Crippen LogP contribution in [0.4, 0.5) is 0 Å². The Labute approximate surface area is 167 Å². The number of rotatable bonds is 5. The first kappa shape index (κ1) is 19.8. The van der Waals surface area contributed by atoms with Gasteiger partial charge in [-0.15, -0.1) is 0 Å². The van der Waals surface area contributed by atoms with E-state index in [1.807, 2.05) is 49.7 Å². The molecule has 0 unspecified atom stereocenters. The summed E-state index contributed by atoms with van der Waals surface area (Å²) in [7, 11) is 3.45. The van der Waals surface area contributed by atoms with Crippen molar-refractivity contribution in [2.45, 2.75) is 19.9 Å². The van der Waals surface area contributed by atoms with Gasteiger partial charge in [-0.05, 0) is 42.3 Å². The van der Waals surface area contributed by atoms with Gasteiger partial charge in [-0.2, -0.15) is 4.99 Å². The molecule has 6 nitrogen and oxygen atoms in total. The number of aromatic nitrogens is 1. The van der Waals surface area contributed by atoms with Crippen LogP contribution in [0.15, 0.2) is 53.5 Å². The maximum Gasteiger partial charge on any atom is 0.271 e. The summed E-state index contributed by atoms with van der Waals surface area (Å²) in [6, 6.07) is 13.9. The Morgan fingerprint density at radius 2 is 1.79 bits per heavy atom. The molecule has 1 aromatic heterocycles. The Balaban J connectivity index is 1.85. The molecule has 0 saturated carbocycles. The minimum absolute atomic E-state index is 0.0990. The number of carbonyl (C=O) groups excluding carboxylic acids is 2. The van der Waals surface area contributed by atoms with E-state index in [1.54, 1.807) is 31.4 Å². The zero-order chi connectivity index (χ0) is 20.3. The fourth-order valence-corrected chi connectivity index (χ4v) is 3.86. The van der Waals surface area contributed by atoms with Crippen molar-refractivity contribution >= 4 is 33.4 Å². The summed E-state index contributed by atoms with van der Waals surface area (Å²) >= 11 is 1.45. The SMILES string of the molecule is COc1ccc(C(=O)N[C@@H](C(=O)N=c2sc3ccccc3n2C)C(C)C)cc1. The van der Waals surface area contributed by atoms with Crippen LogP contribution in [0.2, 0.25) is 0 Å². The lowest BCUT2D eigenvalue weighted by Gasteiger charge is -2.19. The van der Waals surface area contributed by atoms with Gasteiger partial charge in [-0.1, -0.05) is 37.3 Å². The highest BCUT2D eigenvalue weighted by atomic mass is 32.1. The van der Waals surface area contributed by atoms with Gasteiger partial charge in [0.05, 0.1) is 17.3 Å². The van der Waals surface area contributed by atoms with Gasteiger partial charge in [0.1, 0.15) is 11.8 Å². The lowest BCUT2D eigenvalue weighted by atomic mass is 10.0. The molecule has 7 heteroatoms. The molecule has 0 bridgehead atoms. The number of nitrogens with one attached hydrogen (secondary N) is 1. The van der Waals surface area contributed by atoms with Gasteiger partial charge in [-0.25, -0.2) is 0 Å². The number of benzene rings is 2. The summed E-state index contributed by atoms with van der Waals surface area (Å²) in [5, 5.41) is 2.82. The molecule has 146 valence electrons. The van der Waals surface area contributed by atoms with Gasteiger partial charge in [0.25, 0.3) is 11.8 Å². The third-order valence-corrected chi connectivity index (χ3v) is 5.61. The van der Waals surface area contributed by atoms with Crippen molar-refractivity contribution in [2.75, 3.05) is 7.11 Å². The fraction of sp³-hybridized carbons (Fsp3) is 0.286. The molecule has 0 fully saturated rings. The summed E-state index contributed by atoms with van der Waals surface area (Å²) in [6.45, 7) is 3.77. The number of ether oxygens (including phenoxy) is 1. The van der Waals surface area contributed by atoms with E-state index in [4.69, 9.17) is 4.74 Å². The van der Waals surface area contributed by atoms with Crippen LogP contribution < -0.4 is 14.9 Å². The Morgan fingerprint density at radius 3 is 2.39 bits per heavy atom. The maximum absolute atomic E-state index is 12.8. The molecule has 0 aliphatic carbocycles. The minimum atomic E-state index is -0.709. The lowest BCUT2D eigenvalue weighted by molar-refractivity contribution is -0.120. The average Bonchev–Trinajstić information content (AvgIpc) is 3.01. The number of aryl methyl sites for hydroxylation is 1. The van der Waals surface area contributed by atoms with Crippen LogP contribution in [0.1, 0.15) is 24.2 Å². The molecule has 1 atom stereocenters. The van der Waals surface area contributed by atoms with Crippen molar-refractivity contribution < 1.29 is 14.3 Å². The summed E-state index contributed by atoms with van der Waals surface area (Å²) in [5.41, 5.74) is 1.48. The number of methoxy groups -OCH3 is 1. The molecular weight excluding hydrogens is 374 g/mol. The number of thiazole rings is 1. The Kier molecular flexibility index (Phi) is 5.94. The standard InChI is InChI=1S/C21H23N3O3S/c1-13(2)18(22-19(25)14-9-11-15(27-4)12-10-14)20(26)23-21-24(3)16-7-5-6-8-17(16)28-21/h5-13,18H,1-4H3,(H,22,25)/t18-/m1/s1. The van der Waals surface area contributed by atoms with Gasteiger partial charge < -0.3 is 14.6 Å². The van der Waals surface area contributed by atoms with Crippen molar-refractivity contribution in [3.63, 3.8) is 0 Å². The normalized spacial score (nSPS) is 13.0. The molecule has 3 rings (SSSR count). The van der Waals surface area contributed by atoms with Crippen LogP contribution in [0.25, 0.3) is 10.2 Å². The van der Waals surface area contributed by atoms with Crippen molar-refractivity contribution in [3.05, 3.63) is 58.9 Å². The second-order valence-electron chi connectivity index (χ2n) is 6.79. The van der Waals surface area contributed by atoms with Crippen molar-refractivity contribution in [1.82, 2.24) is 9.88 Å². The van der Waals surface area contributed by atoms with E-state index in [2.05, 4.69) is 10.3 Å². The Bertz CT molecular complexity index is 1060. The van der Waals surface area contributed by atoms with Crippen LogP contribution in [-0.2, 0) is 11.8 Å². The molecule has 0 saturated heterocycles. The second-order valence-corrected chi connectivity index (χ2v) is 7.79. The highest BCUT2D eigenvalue weighted by Crippen LogP contribution is 2.16. The van der Waals surface area contributed by atoms with Crippen molar-refractivity contribution in [3.8, 4) is 5.75 Å². The van der Waals surface area contributed by atoms with Crippen LogP contribution in [0.5, 0.6) is 5.75 Å². The number of amides is 2. The number of hydrogen-bond donors (Lipinski definition) is 1. The highest BCUT2D eigenvalue weighted by molar-refractivity contribution is 7.16. The van der Waals surface area contributed by atoms with E-state index in [1.165, 1.54) is 11.3 Å². The predicted octanol–water partition coefficient (Wildman–Crippen LogP) is 3.13. The van der Waals surface area contributed by atoms with E-state index in [0.29, 0.717) is 16.1 Å². The van der Waals surface area contributed by atoms with Crippen LogP contribution in [-0.4, -0.2) is 29.5 Å². The average molecular weight is 398 g/mol. The summed E-state index contributed by atoms with van der Waals surface area (Å²) in [6.07, 6.45) is 0. The number of fused-ring (bicyclic) bond motifs is 1. The van der Waals surface area contributed by atoms with Crippen LogP contribution in [0.3, 0.4) is 0 Å². The van der Waals surface area contributed by atoms with Gasteiger partial charge >= 0.3 is 0 Å². The zero-order valence-electron chi connectivity index (χ0n) is 16.3. The third-order valence-electron chi connectivity index (χ3n) is 4.49.